The van der Waals surface area contributed by atoms with Gasteiger partial charge in [-0.2, -0.15) is 0 Å². The summed E-state index contributed by atoms with van der Waals surface area (Å²) in [7, 11) is 0. The first-order valence-corrected chi connectivity index (χ1v) is 21.6. The summed E-state index contributed by atoms with van der Waals surface area (Å²) >= 11 is 0. The molecule has 0 aliphatic heterocycles. The van der Waals surface area contributed by atoms with E-state index in [0.29, 0.717) is 0 Å². The van der Waals surface area contributed by atoms with Gasteiger partial charge >= 0.3 is 0 Å². The van der Waals surface area contributed by atoms with Crippen molar-refractivity contribution >= 4 is 93.1 Å². The smallest absolute Gasteiger partial charge is 0.135 e. The highest BCUT2D eigenvalue weighted by molar-refractivity contribution is 6.26. The van der Waals surface area contributed by atoms with Crippen LogP contribution in [0.4, 0.5) is 17.1 Å². The highest BCUT2D eigenvalue weighted by Crippen LogP contribution is 2.43. The number of fused-ring (bicyclic) bond motifs is 12. The van der Waals surface area contributed by atoms with E-state index in [9.17, 15) is 0 Å². The molecule has 0 aliphatic rings. The molecule has 0 atom stereocenters. The molecule has 2 aromatic heterocycles. The molecule has 3 nitrogen and oxygen atoms in total. The molecule has 0 aliphatic carbocycles. The van der Waals surface area contributed by atoms with Gasteiger partial charge in [0.1, 0.15) is 11.2 Å². The molecule has 294 valence electrons. The third-order valence-corrected chi connectivity index (χ3v) is 13.0. The van der Waals surface area contributed by atoms with Crippen molar-refractivity contribution < 1.29 is 4.42 Å². The predicted molar refractivity (Wildman–Crippen MR) is 266 cm³/mol. The van der Waals surface area contributed by atoms with Crippen molar-refractivity contribution in [2.24, 2.45) is 0 Å². The maximum atomic E-state index is 6.16. The molecule has 0 bridgehead atoms. The quantitative estimate of drug-likeness (QED) is 0.156. The molecule has 0 saturated heterocycles. The van der Waals surface area contributed by atoms with E-state index < -0.39 is 0 Å². The van der Waals surface area contributed by atoms with Gasteiger partial charge in [-0.1, -0.05) is 146 Å². The molecule has 13 rings (SSSR count). The summed E-state index contributed by atoms with van der Waals surface area (Å²) in [5, 5.41) is 12.3. The molecule has 0 spiro atoms. The molecule has 0 fully saturated rings. The van der Waals surface area contributed by atoms with Crippen molar-refractivity contribution in [1.29, 1.82) is 0 Å². The zero-order chi connectivity index (χ0) is 41.4. The Morgan fingerprint density at radius 2 is 0.730 bits per heavy atom. The second-order valence-corrected chi connectivity index (χ2v) is 16.5. The summed E-state index contributed by atoms with van der Waals surface area (Å²) in [6.45, 7) is 0. The molecule has 0 radical (unpaired) electrons. The Balaban J connectivity index is 0.940. The summed E-state index contributed by atoms with van der Waals surface area (Å²) < 4.78 is 8.52. The average molecular weight is 803 g/mol. The van der Waals surface area contributed by atoms with E-state index in [-0.39, 0.29) is 0 Å². The molecule has 3 heteroatoms. The van der Waals surface area contributed by atoms with E-state index in [0.717, 1.165) is 55.8 Å². The summed E-state index contributed by atoms with van der Waals surface area (Å²) in [6, 6.07) is 83.6. The third-order valence-electron chi connectivity index (χ3n) is 13.0. The molecule has 0 saturated carbocycles. The summed E-state index contributed by atoms with van der Waals surface area (Å²) in [4.78, 5) is 2.39. The Hall–Kier alpha value is -8.40. The number of nitrogens with zero attached hydrogens (tertiary/aromatic N) is 2. The minimum atomic E-state index is 0.904. The molecule has 63 heavy (non-hydrogen) atoms. The molecular weight excluding hydrogens is 765 g/mol. The van der Waals surface area contributed by atoms with Gasteiger partial charge in [0, 0.05) is 44.3 Å². The molecule has 2 heterocycles. The van der Waals surface area contributed by atoms with Crippen LogP contribution in [0, 0.1) is 0 Å². The minimum Gasteiger partial charge on any atom is -0.456 e. The van der Waals surface area contributed by atoms with Gasteiger partial charge in [0.15, 0.2) is 0 Å². The monoisotopic (exact) mass is 802 g/mol. The van der Waals surface area contributed by atoms with E-state index in [1.807, 2.05) is 12.1 Å². The van der Waals surface area contributed by atoms with Gasteiger partial charge in [-0.25, -0.2) is 0 Å². The number of hydrogen-bond donors (Lipinski definition) is 0. The van der Waals surface area contributed by atoms with Crippen LogP contribution in [-0.2, 0) is 0 Å². The summed E-state index contributed by atoms with van der Waals surface area (Å²) in [6.07, 6.45) is 0. The molecule has 13 aromatic rings. The highest BCUT2D eigenvalue weighted by atomic mass is 16.3. The number of anilines is 3. The van der Waals surface area contributed by atoms with Gasteiger partial charge in [-0.15, -0.1) is 0 Å². The fourth-order valence-corrected chi connectivity index (χ4v) is 10.0. The number of aromatic nitrogens is 1. The van der Waals surface area contributed by atoms with Crippen LogP contribution in [0.5, 0.6) is 0 Å². The van der Waals surface area contributed by atoms with Gasteiger partial charge in [0.05, 0.1) is 11.0 Å². The van der Waals surface area contributed by atoms with Gasteiger partial charge in [0.2, 0.25) is 0 Å². The van der Waals surface area contributed by atoms with Gasteiger partial charge in [-0.3, -0.25) is 0 Å². The first kappa shape index (κ1) is 35.4. The Morgan fingerprint density at radius 3 is 1.40 bits per heavy atom. The third kappa shape index (κ3) is 5.67. The van der Waals surface area contributed by atoms with E-state index in [1.165, 1.54) is 65.3 Å². The van der Waals surface area contributed by atoms with E-state index >= 15 is 0 Å². The zero-order valence-electron chi connectivity index (χ0n) is 34.2. The van der Waals surface area contributed by atoms with Crippen molar-refractivity contribution in [3.63, 3.8) is 0 Å². The van der Waals surface area contributed by atoms with Crippen molar-refractivity contribution in [1.82, 2.24) is 4.57 Å². The first-order valence-electron chi connectivity index (χ1n) is 21.6. The molecule has 0 N–H and O–H groups in total. The normalized spacial score (nSPS) is 11.8. The Labute approximate surface area is 363 Å². The highest BCUT2D eigenvalue weighted by Gasteiger charge is 2.18. The van der Waals surface area contributed by atoms with Crippen molar-refractivity contribution in [2.75, 3.05) is 4.90 Å². The number of furan rings is 1. The average Bonchev–Trinajstić information content (AvgIpc) is 3.90. The second-order valence-electron chi connectivity index (χ2n) is 16.5. The fourth-order valence-electron chi connectivity index (χ4n) is 10.0. The number of hydrogen-bond acceptors (Lipinski definition) is 2. The Morgan fingerprint density at radius 1 is 0.270 bits per heavy atom. The van der Waals surface area contributed by atoms with E-state index in [4.69, 9.17) is 4.42 Å². The van der Waals surface area contributed by atoms with Crippen LogP contribution in [-0.4, -0.2) is 4.57 Å². The van der Waals surface area contributed by atoms with Crippen molar-refractivity contribution in [3.8, 4) is 27.9 Å². The van der Waals surface area contributed by atoms with Crippen LogP contribution in [0.2, 0.25) is 0 Å². The molecule has 11 aromatic carbocycles. The van der Waals surface area contributed by atoms with Crippen molar-refractivity contribution in [3.05, 3.63) is 231 Å². The van der Waals surface area contributed by atoms with E-state index in [2.05, 4.69) is 228 Å². The number of rotatable bonds is 6. The molecule has 0 amide bonds. The Bertz CT molecular complexity index is 3860. The first-order chi connectivity index (χ1) is 31.2. The Kier molecular flexibility index (Phi) is 7.91. The lowest BCUT2D eigenvalue weighted by molar-refractivity contribution is 0.669. The van der Waals surface area contributed by atoms with Gasteiger partial charge in [0.25, 0.3) is 0 Å². The maximum Gasteiger partial charge on any atom is 0.135 e. The maximum absolute atomic E-state index is 6.16. The van der Waals surface area contributed by atoms with Crippen LogP contribution in [0.15, 0.2) is 235 Å². The summed E-state index contributed by atoms with van der Waals surface area (Å²) in [5.74, 6) is 0. The fraction of sp³-hybridized carbons (Fsp3) is 0. The summed E-state index contributed by atoms with van der Waals surface area (Å²) in [5.41, 5.74) is 13.3. The van der Waals surface area contributed by atoms with Crippen LogP contribution >= 0.6 is 0 Å². The lowest BCUT2D eigenvalue weighted by Crippen LogP contribution is -2.10. The molecule has 0 unspecified atom stereocenters. The number of benzene rings is 11. The van der Waals surface area contributed by atoms with Crippen molar-refractivity contribution in [2.45, 2.75) is 0 Å². The lowest BCUT2D eigenvalue weighted by Gasteiger charge is -2.26. The zero-order valence-corrected chi connectivity index (χ0v) is 34.2. The standard InChI is InChI=1S/C60H38N2O/c1-2-12-43(13-3-1)62-57-20-10-8-18-52(57)55-36-41(26-34-58(55)62)39-22-28-44(29-23-39)61(46-32-33-51-49-16-5-4-14-47(49)48-15-6-7-17-50(48)54(51)38-46)45-30-24-40(25-31-45)42-27-35-60-56(37-42)53-19-9-11-21-59(53)63-60/h1-38H. The van der Waals surface area contributed by atoms with E-state index in [1.54, 1.807) is 0 Å². The minimum absolute atomic E-state index is 0.904. The van der Waals surface area contributed by atoms with Crippen LogP contribution in [0.3, 0.4) is 0 Å². The van der Waals surface area contributed by atoms with Gasteiger partial charge in [-0.05, 0) is 140 Å². The van der Waals surface area contributed by atoms with Gasteiger partial charge < -0.3 is 13.9 Å². The van der Waals surface area contributed by atoms with Crippen LogP contribution < -0.4 is 4.90 Å². The SMILES string of the molecule is c1ccc(-n2c3ccccc3c3cc(-c4ccc(N(c5ccc(-c6ccc7oc8ccccc8c7c6)cc5)c5ccc6c7ccccc7c7ccccc7c6c5)cc4)ccc32)cc1. The predicted octanol–water partition coefficient (Wildman–Crippen LogP) is 16.9. The lowest BCUT2D eigenvalue weighted by atomic mass is 9.94. The topological polar surface area (TPSA) is 21.3 Å². The molecular formula is C60H38N2O. The largest absolute Gasteiger partial charge is 0.456 e. The van der Waals surface area contributed by atoms with Crippen LogP contribution in [0.25, 0.3) is 104 Å². The number of para-hydroxylation sites is 3. The van der Waals surface area contributed by atoms with Crippen LogP contribution in [0.1, 0.15) is 0 Å². The second kappa shape index (κ2) is 14.1.